The van der Waals surface area contributed by atoms with Gasteiger partial charge in [0.25, 0.3) is 0 Å². The maximum atomic E-state index is 12.6. The Morgan fingerprint density at radius 3 is 2.30 bits per heavy atom. The highest BCUT2D eigenvalue weighted by atomic mass is 32.2. The Kier molecular flexibility index (Phi) is 4.36. The molecular formula is C13H21NO5S. The van der Waals surface area contributed by atoms with Crippen LogP contribution < -0.4 is 0 Å². The molecule has 0 aromatic rings. The van der Waals surface area contributed by atoms with Crippen LogP contribution in [-0.2, 0) is 19.4 Å². The Morgan fingerprint density at radius 1 is 1.15 bits per heavy atom. The van der Waals surface area contributed by atoms with Crippen LogP contribution in [-0.4, -0.2) is 54.4 Å². The fourth-order valence-corrected chi connectivity index (χ4v) is 4.82. The third kappa shape index (κ3) is 3.13. The normalized spacial score (nSPS) is 33.6. The summed E-state index contributed by atoms with van der Waals surface area (Å²) in [4.78, 5) is 25.4. The monoisotopic (exact) mass is 303 g/mol. The lowest BCUT2D eigenvalue weighted by molar-refractivity contribution is -0.153. The Morgan fingerprint density at radius 2 is 1.75 bits per heavy atom. The van der Waals surface area contributed by atoms with Gasteiger partial charge in [0.15, 0.2) is 9.84 Å². The molecule has 1 aliphatic carbocycles. The molecule has 2 aliphatic rings. The Balaban J connectivity index is 2.12. The molecule has 1 N–H and O–H groups in total. The standard InChI is InChI=1S/C13H21NO5S/c1-9-8-20(18,19)7-6-14(9)12(15)10-4-2-3-5-11(10)13(16)17/h9-11H,2-8H2,1H3,(H,16,17). The summed E-state index contributed by atoms with van der Waals surface area (Å²) in [5.41, 5.74) is 0. The number of carboxylic acid groups (broad SMARTS) is 1. The number of hydrogen-bond acceptors (Lipinski definition) is 4. The second kappa shape index (κ2) is 5.71. The van der Waals surface area contributed by atoms with E-state index in [1.807, 2.05) is 0 Å². The van der Waals surface area contributed by atoms with Crippen molar-refractivity contribution in [2.24, 2.45) is 11.8 Å². The van der Waals surface area contributed by atoms with E-state index in [0.717, 1.165) is 12.8 Å². The Labute approximate surface area is 119 Å². The van der Waals surface area contributed by atoms with E-state index in [2.05, 4.69) is 0 Å². The van der Waals surface area contributed by atoms with Crippen LogP contribution in [0.1, 0.15) is 32.6 Å². The molecule has 0 spiro atoms. The van der Waals surface area contributed by atoms with Gasteiger partial charge in [-0.05, 0) is 19.8 Å². The van der Waals surface area contributed by atoms with Gasteiger partial charge in [-0.25, -0.2) is 8.42 Å². The van der Waals surface area contributed by atoms with Crippen LogP contribution in [0, 0.1) is 11.8 Å². The van der Waals surface area contributed by atoms with Crippen molar-refractivity contribution in [2.75, 3.05) is 18.1 Å². The zero-order chi connectivity index (χ0) is 14.9. The SMILES string of the molecule is CC1CS(=O)(=O)CCN1C(=O)C1CCCCC1C(=O)O. The van der Waals surface area contributed by atoms with Crippen molar-refractivity contribution < 1.29 is 23.1 Å². The molecule has 7 heteroatoms. The minimum absolute atomic E-state index is 0.0203. The molecule has 2 fully saturated rings. The van der Waals surface area contributed by atoms with E-state index >= 15 is 0 Å². The zero-order valence-electron chi connectivity index (χ0n) is 11.6. The van der Waals surface area contributed by atoms with Crippen LogP contribution in [0.2, 0.25) is 0 Å². The summed E-state index contributed by atoms with van der Waals surface area (Å²) < 4.78 is 23.1. The first-order chi connectivity index (χ1) is 9.32. The lowest BCUT2D eigenvalue weighted by Gasteiger charge is -2.38. The molecule has 6 nitrogen and oxygen atoms in total. The van der Waals surface area contributed by atoms with Crippen LogP contribution in [0.4, 0.5) is 0 Å². The van der Waals surface area contributed by atoms with Crippen molar-refractivity contribution in [1.82, 2.24) is 4.90 Å². The molecule has 3 atom stereocenters. The molecule has 1 heterocycles. The molecule has 114 valence electrons. The Bertz CT molecular complexity index is 501. The largest absolute Gasteiger partial charge is 0.481 e. The lowest BCUT2D eigenvalue weighted by atomic mass is 9.78. The molecule has 0 aromatic heterocycles. The second-order valence-electron chi connectivity index (χ2n) is 5.83. The number of carboxylic acids is 1. The predicted octanol–water partition coefficient (Wildman–Crippen LogP) is 0.523. The van der Waals surface area contributed by atoms with E-state index in [9.17, 15) is 23.1 Å². The number of carbonyl (C=O) groups excluding carboxylic acids is 1. The first-order valence-electron chi connectivity index (χ1n) is 7.05. The number of sulfone groups is 1. The molecule has 1 amide bonds. The van der Waals surface area contributed by atoms with Crippen molar-refractivity contribution >= 4 is 21.7 Å². The summed E-state index contributed by atoms with van der Waals surface area (Å²) >= 11 is 0. The number of rotatable bonds is 2. The Hall–Kier alpha value is -1.11. The maximum absolute atomic E-state index is 12.6. The van der Waals surface area contributed by atoms with Crippen molar-refractivity contribution in [3.8, 4) is 0 Å². The number of hydrogen-bond donors (Lipinski definition) is 1. The summed E-state index contributed by atoms with van der Waals surface area (Å²) in [5.74, 6) is -2.26. The van der Waals surface area contributed by atoms with Crippen molar-refractivity contribution in [3.63, 3.8) is 0 Å². The number of nitrogens with zero attached hydrogens (tertiary/aromatic N) is 1. The van der Waals surface area contributed by atoms with Crippen LogP contribution in [0.5, 0.6) is 0 Å². The molecule has 1 saturated heterocycles. The third-order valence-corrected chi connectivity index (χ3v) is 6.15. The van der Waals surface area contributed by atoms with E-state index < -0.39 is 27.6 Å². The summed E-state index contributed by atoms with van der Waals surface area (Å²) in [6, 6.07) is -0.363. The quantitative estimate of drug-likeness (QED) is 0.803. The molecule has 0 aromatic carbocycles. The first-order valence-corrected chi connectivity index (χ1v) is 8.87. The third-order valence-electron chi connectivity index (χ3n) is 4.35. The smallest absolute Gasteiger partial charge is 0.307 e. The molecule has 0 bridgehead atoms. The van der Waals surface area contributed by atoms with E-state index in [0.29, 0.717) is 12.8 Å². The average molecular weight is 303 g/mol. The van der Waals surface area contributed by atoms with Crippen LogP contribution in [0.15, 0.2) is 0 Å². The van der Waals surface area contributed by atoms with Crippen molar-refractivity contribution in [2.45, 2.75) is 38.6 Å². The minimum Gasteiger partial charge on any atom is -0.481 e. The molecule has 0 radical (unpaired) electrons. The topological polar surface area (TPSA) is 91.8 Å². The molecular weight excluding hydrogens is 282 g/mol. The molecule has 1 saturated carbocycles. The lowest BCUT2D eigenvalue weighted by Crippen LogP contribution is -2.53. The summed E-state index contributed by atoms with van der Waals surface area (Å²) in [6.45, 7) is 1.90. The molecule has 3 unspecified atom stereocenters. The number of amides is 1. The van der Waals surface area contributed by atoms with Gasteiger partial charge in [0.05, 0.1) is 23.3 Å². The van der Waals surface area contributed by atoms with Crippen molar-refractivity contribution in [1.29, 1.82) is 0 Å². The summed E-state index contributed by atoms with van der Waals surface area (Å²) in [7, 11) is -3.07. The van der Waals surface area contributed by atoms with Gasteiger partial charge in [0, 0.05) is 12.6 Å². The molecule has 20 heavy (non-hydrogen) atoms. The van der Waals surface area contributed by atoms with Gasteiger partial charge in [-0.15, -0.1) is 0 Å². The molecule has 1 aliphatic heterocycles. The van der Waals surface area contributed by atoms with Gasteiger partial charge in [0.1, 0.15) is 0 Å². The number of carbonyl (C=O) groups is 2. The highest BCUT2D eigenvalue weighted by molar-refractivity contribution is 7.91. The number of aliphatic carboxylic acids is 1. The maximum Gasteiger partial charge on any atom is 0.307 e. The van der Waals surface area contributed by atoms with Gasteiger partial charge in [-0.1, -0.05) is 12.8 Å². The fraction of sp³-hybridized carbons (Fsp3) is 0.846. The molecule has 2 rings (SSSR count). The van der Waals surface area contributed by atoms with E-state index in [4.69, 9.17) is 0 Å². The van der Waals surface area contributed by atoms with Crippen molar-refractivity contribution in [3.05, 3.63) is 0 Å². The minimum atomic E-state index is -3.07. The van der Waals surface area contributed by atoms with Crippen LogP contribution >= 0.6 is 0 Å². The van der Waals surface area contributed by atoms with Gasteiger partial charge < -0.3 is 10.0 Å². The van der Waals surface area contributed by atoms with Crippen LogP contribution in [0.25, 0.3) is 0 Å². The van der Waals surface area contributed by atoms with Gasteiger partial charge in [0.2, 0.25) is 5.91 Å². The first kappa shape index (κ1) is 15.3. The average Bonchev–Trinajstić information content (AvgIpc) is 2.37. The van der Waals surface area contributed by atoms with Gasteiger partial charge >= 0.3 is 5.97 Å². The fourth-order valence-electron chi connectivity index (χ4n) is 3.26. The van der Waals surface area contributed by atoms with Crippen LogP contribution in [0.3, 0.4) is 0 Å². The van der Waals surface area contributed by atoms with Gasteiger partial charge in [-0.2, -0.15) is 0 Å². The summed E-state index contributed by atoms with van der Waals surface area (Å²) in [5, 5.41) is 9.24. The van der Waals surface area contributed by atoms with Gasteiger partial charge in [-0.3, -0.25) is 9.59 Å². The van der Waals surface area contributed by atoms with E-state index in [1.54, 1.807) is 11.8 Å². The highest BCUT2D eigenvalue weighted by Gasteiger charge is 2.41. The van der Waals surface area contributed by atoms with E-state index in [-0.39, 0.29) is 30.0 Å². The second-order valence-corrected chi connectivity index (χ2v) is 8.06. The summed E-state index contributed by atoms with van der Waals surface area (Å²) in [6.07, 6.45) is 2.82. The van der Waals surface area contributed by atoms with E-state index in [1.165, 1.54) is 0 Å². The highest BCUT2D eigenvalue weighted by Crippen LogP contribution is 2.32. The predicted molar refractivity (Wildman–Crippen MR) is 72.9 cm³/mol. The zero-order valence-corrected chi connectivity index (χ0v) is 12.4.